The summed E-state index contributed by atoms with van der Waals surface area (Å²) in [6.45, 7) is 2.38. The van der Waals surface area contributed by atoms with Crippen LogP contribution in [0.15, 0.2) is 53.6 Å². The third kappa shape index (κ3) is 2.96. The second-order valence-electron chi connectivity index (χ2n) is 4.49. The van der Waals surface area contributed by atoms with E-state index in [4.69, 9.17) is 16.3 Å². The lowest BCUT2D eigenvalue weighted by Gasteiger charge is -2.03. The van der Waals surface area contributed by atoms with E-state index in [-0.39, 0.29) is 5.12 Å². The molecule has 0 radical (unpaired) electrons. The Kier molecular flexibility index (Phi) is 4.36. The van der Waals surface area contributed by atoms with Crippen LogP contribution in [-0.4, -0.2) is 21.3 Å². The second-order valence-corrected chi connectivity index (χ2v) is 5.91. The van der Waals surface area contributed by atoms with Gasteiger partial charge in [0.1, 0.15) is 4.90 Å². The third-order valence-electron chi connectivity index (χ3n) is 3.02. The lowest BCUT2D eigenvalue weighted by atomic mass is 10.2. The van der Waals surface area contributed by atoms with E-state index in [0.717, 1.165) is 22.2 Å². The van der Waals surface area contributed by atoms with Gasteiger partial charge < -0.3 is 4.74 Å². The van der Waals surface area contributed by atoms with Gasteiger partial charge in [0, 0.05) is 16.8 Å². The van der Waals surface area contributed by atoms with Gasteiger partial charge in [-0.2, -0.15) is 0 Å². The molecule has 0 aliphatic heterocycles. The summed E-state index contributed by atoms with van der Waals surface area (Å²) >= 11 is 6.97. The zero-order valence-corrected chi connectivity index (χ0v) is 13.4. The number of aromatic nitrogens is 2. The minimum atomic E-state index is -0.0728. The summed E-state index contributed by atoms with van der Waals surface area (Å²) in [5.41, 5.74) is 1.44. The van der Waals surface area contributed by atoms with Crippen molar-refractivity contribution < 1.29 is 9.53 Å². The van der Waals surface area contributed by atoms with Crippen molar-refractivity contribution in [1.82, 2.24) is 9.61 Å². The van der Waals surface area contributed by atoms with Gasteiger partial charge >= 0.3 is 0 Å². The number of carbonyl (C=O) groups excluding carboxylic acids is 1. The molecule has 3 aromatic rings. The number of nitrogens with zero attached hydrogens (tertiary/aromatic N) is 2. The molecule has 0 spiro atoms. The van der Waals surface area contributed by atoms with Gasteiger partial charge in [-0.1, -0.05) is 17.7 Å². The molecule has 0 unspecified atom stereocenters. The number of thioether (sulfide) groups is 1. The van der Waals surface area contributed by atoms with Gasteiger partial charge in [-0.25, -0.2) is 4.52 Å². The van der Waals surface area contributed by atoms with Crippen LogP contribution in [0.5, 0.6) is 5.88 Å². The molecule has 0 N–H and O–H groups in total. The van der Waals surface area contributed by atoms with E-state index in [1.807, 2.05) is 31.3 Å². The first-order valence-corrected chi connectivity index (χ1v) is 7.96. The first kappa shape index (κ1) is 14.9. The minimum Gasteiger partial charge on any atom is -0.476 e. The Morgan fingerprint density at radius 1 is 1.27 bits per heavy atom. The molecule has 3 rings (SSSR count). The highest BCUT2D eigenvalue weighted by Crippen LogP contribution is 2.35. The van der Waals surface area contributed by atoms with Crippen LogP contribution in [0.1, 0.15) is 17.3 Å². The molecule has 0 saturated carbocycles. The van der Waals surface area contributed by atoms with Crippen LogP contribution in [0.2, 0.25) is 5.02 Å². The fourth-order valence-electron chi connectivity index (χ4n) is 2.02. The number of rotatable bonds is 4. The molecule has 0 fully saturated rings. The first-order valence-electron chi connectivity index (χ1n) is 6.77. The summed E-state index contributed by atoms with van der Waals surface area (Å²) in [6.07, 6.45) is 1.83. The summed E-state index contributed by atoms with van der Waals surface area (Å²) in [4.78, 5) is 13.2. The molecule has 6 heteroatoms. The lowest BCUT2D eigenvalue weighted by molar-refractivity contribution is 0.108. The number of hydrogen-bond donors (Lipinski definition) is 0. The van der Waals surface area contributed by atoms with Gasteiger partial charge in [0.15, 0.2) is 0 Å². The fourth-order valence-corrected chi connectivity index (χ4v) is 3.04. The Bertz CT molecular complexity index is 815. The van der Waals surface area contributed by atoms with Crippen LogP contribution >= 0.6 is 23.4 Å². The molecule has 2 aromatic heterocycles. The van der Waals surface area contributed by atoms with E-state index < -0.39 is 0 Å². The largest absolute Gasteiger partial charge is 0.476 e. The van der Waals surface area contributed by atoms with Crippen molar-refractivity contribution in [2.75, 3.05) is 6.61 Å². The second kappa shape index (κ2) is 6.42. The molecule has 0 atom stereocenters. The van der Waals surface area contributed by atoms with E-state index >= 15 is 0 Å². The van der Waals surface area contributed by atoms with Crippen LogP contribution in [0, 0.1) is 0 Å². The first-order chi connectivity index (χ1) is 10.7. The highest BCUT2D eigenvalue weighted by atomic mass is 35.5. The summed E-state index contributed by atoms with van der Waals surface area (Å²) in [6, 6.07) is 12.5. The molecule has 0 saturated heterocycles. The van der Waals surface area contributed by atoms with Crippen LogP contribution in [0.3, 0.4) is 0 Å². The minimum absolute atomic E-state index is 0.0728. The van der Waals surface area contributed by atoms with Crippen molar-refractivity contribution in [2.45, 2.75) is 11.8 Å². The van der Waals surface area contributed by atoms with E-state index in [2.05, 4.69) is 5.10 Å². The van der Waals surface area contributed by atoms with Crippen LogP contribution in [-0.2, 0) is 0 Å². The smallest absolute Gasteiger partial charge is 0.248 e. The summed E-state index contributed by atoms with van der Waals surface area (Å²) < 4.78 is 7.26. The van der Waals surface area contributed by atoms with Crippen molar-refractivity contribution in [1.29, 1.82) is 0 Å². The molecule has 112 valence electrons. The Labute approximate surface area is 137 Å². The van der Waals surface area contributed by atoms with Crippen LogP contribution in [0.25, 0.3) is 5.52 Å². The van der Waals surface area contributed by atoms with Crippen LogP contribution in [0.4, 0.5) is 0 Å². The van der Waals surface area contributed by atoms with Crippen molar-refractivity contribution in [2.24, 2.45) is 0 Å². The van der Waals surface area contributed by atoms with Gasteiger partial charge in [0.05, 0.1) is 12.1 Å². The van der Waals surface area contributed by atoms with Crippen molar-refractivity contribution in [3.8, 4) is 5.88 Å². The Morgan fingerprint density at radius 2 is 2.05 bits per heavy atom. The van der Waals surface area contributed by atoms with Crippen molar-refractivity contribution >= 4 is 34.0 Å². The molecule has 0 aliphatic carbocycles. The maximum Gasteiger partial charge on any atom is 0.248 e. The quantitative estimate of drug-likeness (QED) is 0.667. The average molecular weight is 333 g/mol. The molecule has 0 bridgehead atoms. The van der Waals surface area contributed by atoms with Crippen LogP contribution < -0.4 is 4.74 Å². The predicted molar refractivity (Wildman–Crippen MR) is 88.0 cm³/mol. The molecule has 4 nitrogen and oxygen atoms in total. The van der Waals surface area contributed by atoms with Crippen molar-refractivity contribution in [3.63, 3.8) is 0 Å². The van der Waals surface area contributed by atoms with Gasteiger partial charge in [0.25, 0.3) is 0 Å². The average Bonchev–Trinajstić information content (AvgIpc) is 2.86. The highest BCUT2D eigenvalue weighted by molar-refractivity contribution is 8.14. The van der Waals surface area contributed by atoms with E-state index in [0.29, 0.717) is 23.1 Å². The zero-order chi connectivity index (χ0) is 15.5. The molecular weight excluding hydrogens is 320 g/mol. The van der Waals surface area contributed by atoms with E-state index in [1.54, 1.807) is 28.8 Å². The number of hydrogen-bond acceptors (Lipinski definition) is 4. The summed E-state index contributed by atoms with van der Waals surface area (Å²) in [7, 11) is 0. The monoisotopic (exact) mass is 332 g/mol. The topological polar surface area (TPSA) is 43.6 Å². The molecule has 0 amide bonds. The van der Waals surface area contributed by atoms with E-state index in [9.17, 15) is 4.79 Å². The third-order valence-corrected chi connectivity index (χ3v) is 4.28. The Hall–Kier alpha value is -1.98. The number of benzene rings is 1. The van der Waals surface area contributed by atoms with Crippen molar-refractivity contribution in [3.05, 3.63) is 59.2 Å². The number of carbonyl (C=O) groups is 1. The van der Waals surface area contributed by atoms with Gasteiger partial charge in [0.2, 0.25) is 11.0 Å². The number of halogens is 1. The molecule has 2 heterocycles. The number of ether oxygens (including phenoxy) is 1. The maximum absolute atomic E-state index is 12.5. The Morgan fingerprint density at radius 3 is 2.77 bits per heavy atom. The number of fused-ring (bicyclic) bond motifs is 1. The molecule has 22 heavy (non-hydrogen) atoms. The predicted octanol–water partition coefficient (Wildman–Crippen LogP) is 4.32. The molecule has 0 aliphatic rings. The Balaban J connectivity index is 1.96. The molecule has 1 aromatic carbocycles. The van der Waals surface area contributed by atoms with Gasteiger partial charge in [-0.15, -0.1) is 5.10 Å². The van der Waals surface area contributed by atoms with Gasteiger partial charge in [-0.05, 0) is 55.1 Å². The SMILES string of the molecule is CCOc1nn2ccccc2c1SC(=O)c1ccc(Cl)cc1. The summed E-state index contributed by atoms with van der Waals surface area (Å²) in [5, 5.41) is 4.89. The van der Waals surface area contributed by atoms with Gasteiger partial charge in [-0.3, -0.25) is 4.79 Å². The molecular formula is C16H13ClN2O2S. The fraction of sp³-hybridized carbons (Fsp3) is 0.125. The van der Waals surface area contributed by atoms with E-state index in [1.165, 1.54) is 0 Å². The standard InChI is InChI=1S/C16H13ClN2O2S/c1-2-21-15-14(13-5-3-4-10-19(13)18-15)22-16(20)11-6-8-12(17)9-7-11/h3-10H,2H2,1H3. The number of pyridine rings is 1. The maximum atomic E-state index is 12.5. The highest BCUT2D eigenvalue weighted by Gasteiger charge is 2.18. The zero-order valence-electron chi connectivity index (χ0n) is 11.8. The lowest BCUT2D eigenvalue weighted by Crippen LogP contribution is -1.96. The normalized spacial score (nSPS) is 10.8. The summed E-state index contributed by atoms with van der Waals surface area (Å²) in [5.74, 6) is 0.473.